The third kappa shape index (κ3) is 7.36. The largest absolute Gasteiger partial charge is 0.0654 e. The lowest BCUT2D eigenvalue weighted by Gasteiger charge is -2.19. The second-order valence-corrected chi connectivity index (χ2v) is 8.00. The lowest BCUT2D eigenvalue weighted by molar-refractivity contribution is 0.545. The average molecular weight is 351 g/mol. The van der Waals surface area contributed by atoms with Crippen LogP contribution in [0, 0.1) is 13.8 Å². The van der Waals surface area contributed by atoms with E-state index in [0.717, 1.165) is 0 Å². The first-order valence-corrected chi connectivity index (χ1v) is 10.8. The van der Waals surface area contributed by atoms with Crippen LogP contribution in [-0.4, -0.2) is 0 Å². The topological polar surface area (TPSA) is 0 Å². The highest BCUT2D eigenvalue weighted by Gasteiger charge is 2.14. The molecular weight excluding hydrogens is 312 g/mol. The Balaban J connectivity index is 1.86. The van der Waals surface area contributed by atoms with Crippen LogP contribution in [-0.2, 0) is 0 Å². The van der Waals surface area contributed by atoms with Crippen molar-refractivity contribution in [2.24, 2.45) is 0 Å². The maximum Gasteiger partial charge on any atom is 0.00895 e. The van der Waals surface area contributed by atoms with Crippen LogP contribution in [0.1, 0.15) is 99.3 Å². The number of aryl methyl sites for hydroxylation is 2. The fourth-order valence-electron chi connectivity index (χ4n) is 3.96. The minimum absolute atomic E-state index is 0.541. The number of rotatable bonds is 12. The van der Waals surface area contributed by atoms with Crippen molar-refractivity contribution >= 4 is 0 Å². The molecule has 0 aliphatic rings. The van der Waals surface area contributed by atoms with Crippen molar-refractivity contribution < 1.29 is 0 Å². The van der Waals surface area contributed by atoms with E-state index in [1.54, 1.807) is 0 Å². The molecule has 0 radical (unpaired) electrons. The van der Waals surface area contributed by atoms with E-state index in [1.807, 2.05) is 0 Å². The predicted molar refractivity (Wildman–Crippen MR) is 116 cm³/mol. The summed E-state index contributed by atoms with van der Waals surface area (Å²) < 4.78 is 0. The third-order valence-corrected chi connectivity index (χ3v) is 5.49. The summed E-state index contributed by atoms with van der Waals surface area (Å²) in [4.78, 5) is 0. The van der Waals surface area contributed by atoms with Crippen molar-refractivity contribution in [3.05, 3.63) is 70.8 Å². The van der Waals surface area contributed by atoms with Gasteiger partial charge in [0.15, 0.2) is 0 Å². The van der Waals surface area contributed by atoms with Crippen molar-refractivity contribution in [1.29, 1.82) is 0 Å². The van der Waals surface area contributed by atoms with Gasteiger partial charge in [-0.2, -0.15) is 0 Å². The van der Waals surface area contributed by atoms with Crippen LogP contribution >= 0.6 is 0 Å². The summed E-state index contributed by atoms with van der Waals surface area (Å²) in [7, 11) is 0. The first kappa shape index (κ1) is 20.7. The fraction of sp³-hybridized carbons (Fsp3) is 0.538. The van der Waals surface area contributed by atoms with Gasteiger partial charge in [0, 0.05) is 5.92 Å². The number of hydrogen-bond acceptors (Lipinski definition) is 0. The Kier molecular flexibility index (Phi) is 9.53. The molecule has 0 atom stereocenters. The molecule has 0 amide bonds. The molecule has 2 aromatic carbocycles. The molecule has 26 heavy (non-hydrogen) atoms. The zero-order valence-corrected chi connectivity index (χ0v) is 17.3. The Morgan fingerprint density at radius 1 is 0.615 bits per heavy atom. The zero-order valence-electron chi connectivity index (χ0n) is 17.3. The predicted octanol–water partition coefficient (Wildman–Crippen LogP) is 8.36. The van der Waals surface area contributed by atoms with Crippen LogP contribution in [0.2, 0.25) is 0 Å². The molecule has 0 aliphatic heterocycles. The molecule has 0 bridgehead atoms. The third-order valence-electron chi connectivity index (χ3n) is 5.49. The molecule has 2 aromatic rings. The van der Waals surface area contributed by atoms with E-state index in [2.05, 4.69) is 69.3 Å². The quantitative estimate of drug-likeness (QED) is 0.337. The average Bonchev–Trinajstić information content (AvgIpc) is 2.63. The lowest BCUT2D eigenvalue weighted by atomic mass is 9.85. The zero-order chi connectivity index (χ0) is 18.6. The second kappa shape index (κ2) is 11.9. The van der Waals surface area contributed by atoms with Crippen molar-refractivity contribution in [2.45, 2.75) is 90.9 Å². The number of benzene rings is 2. The molecule has 0 spiro atoms. The van der Waals surface area contributed by atoms with Crippen LogP contribution < -0.4 is 0 Å². The smallest absolute Gasteiger partial charge is 0.00895 e. The molecule has 0 aliphatic carbocycles. The Bertz CT molecular complexity index is 580. The molecule has 0 fully saturated rings. The summed E-state index contributed by atoms with van der Waals surface area (Å²) in [6, 6.07) is 18.2. The van der Waals surface area contributed by atoms with Gasteiger partial charge >= 0.3 is 0 Å². The van der Waals surface area contributed by atoms with Gasteiger partial charge < -0.3 is 0 Å². The van der Waals surface area contributed by atoms with Gasteiger partial charge in [-0.1, -0.05) is 124 Å². The van der Waals surface area contributed by atoms with Gasteiger partial charge in [0.2, 0.25) is 0 Å². The van der Waals surface area contributed by atoms with Gasteiger partial charge in [-0.05, 0) is 31.4 Å². The molecule has 0 nitrogen and oxygen atoms in total. The number of unbranched alkanes of at least 4 members (excludes halogenated alkanes) is 8. The minimum atomic E-state index is 0.541. The van der Waals surface area contributed by atoms with Crippen molar-refractivity contribution in [2.75, 3.05) is 0 Å². The van der Waals surface area contributed by atoms with Crippen LogP contribution in [0.4, 0.5) is 0 Å². The van der Waals surface area contributed by atoms with E-state index < -0.39 is 0 Å². The molecule has 142 valence electrons. The van der Waals surface area contributed by atoms with Crippen LogP contribution in [0.5, 0.6) is 0 Å². The van der Waals surface area contributed by atoms with Gasteiger partial charge in [-0.25, -0.2) is 0 Å². The Hall–Kier alpha value is -1.56. The highest BCUT2D eigenvalue weighted by atomic mass is 14.2. The summed E-state index contributed by atoms with van der Waals surface area (Å²) in [6.07, 6.45) is 13.9. The number of hydrogen-bond donors (Lipinski definition) is 0. The first-order valence-electron chi connectivity index (χ1n) is 10.8. The Morgan fingerprint density at radius 2 is 1.08 bits per heavy atom. The summed E-state index contributed by atoms with van der Waals surface area (Å²) >= 11 is 0. The second-order valence-electron chi connectivity index (χ2n) is 8.00. The molecule has 0 unspecified atom stereocenters. The molecule has 0 aromatic heterocycles. The maximum atomic E-state index is 2.38. The van der Waals surface area contributed by atoms with Crippen molar-refractivity contribution in [3.63, 3.8) is 0 Å². The van der Waals surface area contributed by atoms with E-state index >= 15 is 0 Å². The van der Waals surface area contributed by atoms with E-state index in [-0.39, 0.29) is 0 Å². The van der Waals surface area contributed by atoms with E-state index in [0.29, 0.717) is 5.92 Å². The van der Waals surface area contributed by atoms with E-state index in [9.17, 15) is 0 Å². The van der Waals surface area contributed by atoms with E-state index in [1.165, 1.54) is 86.5 Å². The van der Waals surface area contributed by atoms with Gasteiger partial charge in [0.05, 0.1) is 0 Å². The summed E-state index contributed by atoms with van der Waals surface area (Å²) in [5.74, 6) is 0.541. The fourth-order valence-corrected chi connectivity index (χ4v) is 3.96. The highest BCUT2D eigenvalue weighted by Crippen LogP contribution is 2.31. The van der Waals surface area contributed by atoms with Gasteiger partial charge in [-0.15, -0.1) is 0 Å². The maximum absolute atomic E-state index is 2.38. The molecular formula is C26H38. The molecule has 0 N–H and O–H groups in total. The summed E-state index contributed by atoms with van der Waals surface area (Å²) in [5, 5.41) is 0. The summed E-state index contributed by atoms with van der Waals surface area (Å²) in [5.41, 5.74) is 5.70. The van der Waals surface area contributed by atoms with Gasteiger partial charge in [-0.3, -0.25) is 0 Å². The minimum Gasteiger partial charge on any atom is -0.0654 e. The first-order chi connectivity index (χ1) is 12.7. The Labute approximate surface area is 162 Å². The Morgan fingerprint density at radius 3 is 1.54 bits per heavy atom. The van der Waals surface area contributed by atoms with Crippen molar-refractivity contribution in [1.82, 2.24) is 0 Å². The van der Waals surface area contributed by atoms with Crippen molar-refractivity contribution in [3.8, 4) is 0 Å². The molecule has 0 saturated carbocycles. The lowest BCUT2D eigenvalue weighted by Crippen LogP contribution is -2.02. The normalized spacial score (nSPS) is 11.2. The SMILES string of the molecule is CCCCCCCCCCCC(c1cccc(C)c1)c1cccc(C)c1. The summed E-state index contributed by atoms with van der Waals surface area (Å²) in [6.45, 7) is 6.70. The van der Waals surface area contributed by atoms with Gasteiger partial charge in [0.1, 0.15) is 0 Å². The molecule has 2 rings (SSSR count). The monoisotopic (exact) mass is 350 g/mol. The van der Waals surface area contributed by atoms with E-state index in [4.69, 9.17) is 0 Å². The van der Waals surface area contributed by atoms with Gasteiger partial charge in [0.25, 0.3) is 0 Å². The molecule has 0 saturated heterocycles. The van der Waals surface area contributed by atoms with Crippen LogP contribution in [0.15, 0.2) is 48.5 Å². The highest BCUT2D eigenvalue weighted by molar-refractivity contribution is 5.36. The van der Waals surface area contributed by atoms with Crippen LogP contribution in [0.25, 0.3) is 0 Å². The van der Waals surface area contributed by atoms with Crippen LogP contribution in [0.3, 0.4) is 0 Å². The standard InChI is InChI=1S/C26H38/c1-4-5-6-7-8-9-10-11-12-19-26(24-17-13-15-22(2)20-24)25-18-14-16-23(3)21-25/h13-18,20-21,26H,4-12,19H2,1-3H3. The molecule has 0 heteroatoms. The molecule has 0 heterocycles.